The molecule has 0 aliphatic heterocycles. The van der Waals surface area contributed by atoms with Crippen LogP contribution in [0, 0.1) is 5.41 Å². The molecule has 0 aliphatic rings. The summed E-state index contributed by atoms with van der Waals surface area (Å²) in [5.41, 5.74) is 2.05. The van der Waals surface area contributed by atoms with Crippen molar-refractivity contribution in [2.75, 3.05) is 24.2 Å². The summed E-state index contributed by atoms with van der Waals surface area (Å²) < 4.78 is 0. The molecule has 2 rings (SSSR count). The van der Waals surface area contributed by atoms with Gasteiger partial charge in [-0.05, 0) is 17.5 Å². The molecule has 106 valence electrons. The van der Waals surface area contributed by atoms with E-state index in [1.807, 2.05) is 31.4 Å². The molecule has 2 aromatic heterocycles. The molecule has 0 aromatic carbocycles. The summed E-state index contributed by atoms with van der Waals surface area (Å²) >= 11 is 0. The van der Waals surface area contributed by atoms with Gasteiger partial charge in [-0.2, -0.15) is 0 Å². The molecule has 2 N–H and O–H groups in total. The van der Waals surface area contributed by atoms with Crippen LogP contribution in [0.5, 0.6) is 0 Å². The fourth-order valence-electron chi connectivity index (χ4n) is 1.66. The van der Waals surface area contributed by atoms with E-state index in [2.05, 4.69) is 46.4 Å². The van der Waals surface area contributed by atoms with Crippen molar-refractivity contribution in [3.8, 4) is 11.3 Å². The van der Waals surface area contributed by atoms with Gasteiger partial charge >= 0.3 is 0 Å². The summed E-state index contributed by atoms with van der Waals surface area (Å²) in [5.74, 6) is 1.68. The second kappa shape index (κ2) is 5.86. The second-order valence-electron chi connectivity index (χ2n) is 5.88. The highest BCUT2D eigenvalue weighted by molar-refractivity contribution is 5.62. The van der Waals surface area contributed by atoms with Gasteiger partial charge < -0.3 is 10.6 Å². The lowest BCUT2D eigenvalue weighted by molar-refractivity contribution is 0.442. The van der Waals surface area contributed by atoms with Crippen molar-refractivity contribution in [1.29, 1.82) is 0 Å². The molecular formula is C15H21N5. The number of rotatable bonds is 4. The molecule has 0 fully saturated rings. The number of nitrogens with zero attached hydrogens (tertiary/aromatic N) is 3. The molecule has 0 saturated heterocycles. The van der Waals surface area contributed by atoms with Crippen molar-refractivity contribution in [2.24, 2.45) is 5.41 Å². The predicted octanol–water partition coefficient (Wildman–Crippen LogP) is 3.04. The first-order chi connectivity index (χ1) is 9.48. The molecule has 0 unspecified atom stereocenters. The standard InChI is InChI=1S/C15H21N5/c1-15(2,3)9-18-14-7-12(19-10-20-14)11-5-6-13(16-4)17-8-11/h5-8,10H,9H2,1-4H3,(H,16,17)(H,18,19,20). The summed E-state index contributed by atoms with van der Waals surface area (Å²) in [4.78, 5) is 12.8. The van der Waals surface area contributed by atoms with Crippen LogP contribution in [-0.4, -0.2) is 28.5 Å². The third-order valence-electron chi connectivity index (χ3n) is 2.78. The lowest BCUT2D eigenvalue weighted by Crippen LogP contribution is -2.19. The van der Waals surface area contributed by atoms with Crippen LogP contribution in [0.15, 0.2) is 30.7 Å². The number of aromatic nitrogens is 3. The van der Waals surface area contributed by atoms with E-state index in [0.717, 1.165) is 29.4 Å². The van der Waals surface area contributed by atoms with E-state index in [1.54, 1.807) is 6.33 Å². The maximum Gasteiger partial charge on any atom is 0.129 e. The second-order valence-corrected chi connectivity index (χ2v) is 5.88. The minimum absolute atomic E-state index is 0.209. The molecule has 20 heavy (non-hydrogen) atoms. The first kappa shape index (κ1) is 14.2. The average Bonchev–Trinajstić information content (AvgIpc) is 2.45. The lowest BCUT2D eigenvalue weighted by atomic mass is 9.97. The quantitative estimate of drug-likeness (QED) is 0.895. The largest absolute Gasteiger partial charge is 0.373 e. The highest BCUT2D eigenvalue weighted by atomic mass is 15.0. The van der Waals surface area contributed by atoms with E-state index in [-0.39, 0.29) is 5.41 Å². The molecule has 0 saturated carbocycles. The lowest BCUT2D eigenvalue weighted by Gasteiger charge is -2.19. The Labute approximate surface area is 119 Å². The molecule has 0 bridgehead atoms. The molecule has 0 amide bonds. The summed E-state index contributed by atoms with van der Waals surface area (Å²) in [6.07, 6.45) is 3.38. The highest BCUT2D eigenvalue weighted by Crippen LogP contribution is 2.20. The molecule has 5 nitrogen and oxygen atoms in total. The molecule has 2 aromatic rings. The Morgan fingerprint density at radius 3 is 2.45 bits per heavy atom. The van der Waals surface area contributed by atoms with E-state index in [1.165, 1.54) is 0 Å². The van der Waals surface area contributed by atoms with Crippen LogP contribution >= 0.6 is 0 Å². The predicted molar refractivity (Wildman–Crippen MR) is 82.8 cm³/mol. The number of pyridine rings is 1. The maximum absolute atomic E-state index is 4.30. The van der Waals surface area contributed by atoms with Gasteiger partial charge in [-0.3, -0.25) is 0 Å². The first-order valence-electron chi connectivity index (χ1n) is 6.68. The van der Waals surface area contributed by atoms with E-state index in [4.69, 9.17) is 0 Å². The molecule has 2 heterocycles. The van der Waals surface area contributed by atoms with Gasteiger partial charge in [0.25, 0.3) is 0 Å². The molecule has 0 radical (unpaired) electrons. The topological polar surface area (TPSA) is 62.7 Å². The zero-order valence-electron chi connectivity index (χ0n) is 12.4. The van der Waals surface area contributed by atoms with Crippen molar-refractivity contribution in [3.63, 3.8) is 0 Å². The van der Waals surface area contributed by atoms with Crippen molar-refractivity contribution in [3.05, 3.63) is 30.7 Å². The zero-order valence-corrected chi connectivity index (χ0v) is 12.4. The first-order valence-corrected chi connectivity index (χ1v) is 6.68. The average molecular weight is 271 g/mol. The fraction of sp³-hybridized carbons (Fsp3) is 0.400. The Morgan fingerprint density at radius 1 is 1.05 bits per heavy atom. The number of hydrogen-bond acceptors (Lipinski definition) is 5. The van der Waals surface area contributed by atoms with Gasteiger partial charge in [0, 0.05) is 31.4 Å². The van der Waals surface area contributed by atoms with Crippen LogP contribution in [0.4, 0.5) is 11.6 Å². The number of anilines is 2. The Kier molecular flexibility index (Phi) is 4.17. The van der Waals surface area contributed by atoms with Gasteiger partial charge in [-0.25, -0.2) is 15.0 Å². The van der Waals surface area contributed by atoms with Gasteiger partial charge in [0.05, 0.1) is 5.69 Å². The van der Waals surface area contributed by atoms with Crippen LogP contribution in [0.1, 0.15) is 20.8 Å². The summed E-state index contributed by atoms with van der Waals surface area (Å²) in [7, 11) is 1.85. The van der Waals surface area contributed by atoms with Gasteiger partial charge in [0.2, 0.25) is 0 Å². The van der Waals surface area contributed by atoms with Crippen molar-refractivity contribution in [2.45, 2.75) is 20.8 Å². The summed E-state index contributed by atoms with van der Waals surface area (Å²) in [5, 5.41) is 6.33. The van der Waals surface area contributed by atoms with E-state index in [0.29, 0.717) is 0 Å². The van der Waals surface area contributed by atoms with Gasteiger partial charge in [0.1, 0.15) is 18.0 Å². The molecular weight excluding hydrogens is 250 g/mol. The minimum Gasteiger partial charge on any atom is -0.373 e. The summed E-state index contributed by atoms with van der Waals surface area (Å²) in [6.45, 7) is 7.41. The van der Waals surface area contributed by atoms with Crippen molar-refractivity contribution < 1.29 is 0 Å². The third kappa shape index (κ3) is 3.91. The van der Waals surface area contributed by atoms with Crippen LogP contribution in [0.25, 0.3) is 11.3 Å². The fourth-order valence-corrected chi connectivity index (χ4v) is 1.66. The zero-order chi connectivity index (χ0) is 14.6. The molecule has 0 spiro atoms. The molecule has 0 atom stereocenters. The van der Waals surface area contributed by atoms with E-state index >= 15 is 0 Å². The van der Waals surface area contributed by atoms with Crippen LogP contribution in [0.2, 0.25) is 0 Å². The molecule has 5 heteroatoms. The number of hydrogen-bond donors (Lipinski definition) is 2. The van der Waals surface area contributed by atoms with Crippen LogP contribution in [0.3, 0.4) is 0 Å². The van der Waals surface area contributed by atoms with Gasteiger partial charge in [0.15, 0.2) is 0 Å². The van der Waals surface area contributed by atoms with Gasteiger partial charge in [-0.1, -0.05) is 20.8 Å². The van der Waals surface area contributed by atoms with Crippen molar-refractivity contribution >= 4 is 11.6 Å². The van der Waals surface area contributed by atoms with E-state index < -0.39 is 0 Å². The maximum atomic E-state index is 4.30. The SMILES string of the molecule is CNc1ccc(-c2cc(NCC(C)(C)C)ncn2)cn1. The van der Waals surface area contributed by atoms with Crippen molar-refractivity contribution in [1.82, 2.24) is 15.0 Å². The Hall–Kier alpha value is -2.17. The Bertz CT molecular complexity index is 557. The smallest absolute Gasteiger partial charge is 0.129 e. The summed E-state index contributed by atoms with van der Waals surface area (Å²) in [6, 6.07) is 5.87. The molecule has 0 aliphatic carbocycles. The van der Waals surface area contributed by atoms with Gasteiger partial charge in [-0.15, -0.1) is 0 Å². The number of nitrogens with one attached hydrogen (secondary N) is 2. The van der Waals surface area contributed by atoms with Crippen LogP contribution < -0.4 is 10.6 Å². The minimum atomic E-state index is 0.209. The van der Waals surface area contributed by atoms with E-state index in [9.17, 15) is 0 Å². The third-order valence-corrected chi connectivity index (χ3v) is 2.78. The normalized spacial score (nSPS) is 11.2. The van der Waals surface area contributed by atoms with Crippen LogP contribution in [-0.2, 0) is 0 Å². The Morgan fingerprint density at radius 2 is 1.85 bits per heavy atom. The monoisotopic (exact) mass is 271 g/mol. The highest BCUT2D eigenvalue weighted by Gasteiger charge is 2.10. The Balaban J connectivity index is 2.16.